The topological polar surface area (TPSA) is 228 Å². The van der Waals surface area contributed by atoms with E-state index in [4.69, 9.17) is 16.2 Å². The van der Waals surface area contributed by atoms with E-state index in [1.807, 2.05) is 30.3 Å². The SMILES string of the molecule is CC1OC(c2cccc(O)c2O)=NC1C(=O)NCCN(Cc1ccccc1)C(=O)c1cccc(O)c1O.CCC(NCCN)NCCN. The van der Waals surface area contributed by atoms with Crippen LogP contribution in [0.4, 0.5) is 0 Å². The van der Waals surface area contributed by atoms with Gasteiger partial charge in [-0.3, -0.25) is 9.59 Å². The number of benzene rings is 3. The van der Waals surface area contributed by atoms with Crippen LogP contribution in [0.15, 0.2) is 71.7 Å². The van der Waals surface area contributed by atoms with Crippen molar-refractivity contribution in [3.63, 3.8) is 0 Å². The molecule has 14 nitrogen and oxygen atoms in total. The van der Waals surface area contributed by atoms with Gasteiger partial charge in [-0.1, -0.05) is 49.4 Å². The zero-order valence-electron chi connectivity index (χ0n) is 27.3. The van der Waals surface area contributed by atoms with Crippen LogP contribution < -0.4 is 27.4 Å². The molecule has 2 amide bonds. The average molecular weight is 666 g/mol. The standard InChI is InChI=1S/C27H27N3O7.C7H20N4/c1-16-22(29-26(37-16)18-9-5-11-20(31)23(18)33)25(35)28-13-14-30(15-17-7-3-2-4-8-17)27(36)19-10-6-12-21(32)24(19)34;1-2-7(10-5-3-8)11-6-4-9/h2-12,16,22,31-34H,13-15H2,1H3,(H,28,35);7,10-11H,2-6,8-9H2,1H3. The lowest BCUT2D eigenvalue weighted by molar-refractivity contribution is -0.123. The summed E-state index contributed by atoms with van der Waals surface area (Å²) < 4.78 is 5.65. The van der Waals surface area contributed by atoms with Crippen LogP contribution in [0.3, 0.4) is 0 Å². The number of hydrogen-bond acceptors (Lipinski definition) is 12. The van der Waals surface area contributed by atoms with Crippen LogP contribution in [0, 0.1) is 0 Å². The molecule has 11 N–H and O–H groups in total. The molecule has 1 heterocycles. The number of amides is 2. The number of rotatable bonds is 15. The van der Waals surface area contributed by atoms with Gasteiger partial charge < -0.3 is 57.5 Å². The van der Waals surface area contributed by atoms with E-state index in [2.05, 4.69) is 27.9 Å². The summed E-state index contributed by atoms with van der Waals surface area (Å²) in [6.45, 7) is 7.28. The van der Waals surface area contributed by atoms with Crippen molar-refractivity contribution in [2.45, 2.75) is 45.1 Å². The fourth-order valence-corrected chi connectivity index (χ4v) is 4.84. The Morgan fingerprint density at radius 3 is 2.12 bits per heavy atom. The van der Waals surface area contributed by atoms with Crippen LogP contribution in [0.25, 0.3) is 0 Å². The first-order valence-electron chi connectivity index (χ1n) is 15.9. The quantitative estimate of drug-likeness (QED) is 0.0831. The molecule has 0 bridgehead atoms. The van der Waals surface area contributed by atoms with Gasteiger partial charge in [0.2, 0.25) is 11.8 Å². The van der Waals surface area contributed by atoms with E-state index >= 15 is 0 Å². The fraction of sp³-hybridized carbons (Fsp3) is 0.382. The van der Waals surface area contributed by atoms with Gasteiger partial charge in [0.25, 0.3) is 5.91 Å². The molecule has 0 aliphatic carbocycles. The summed E-state index contributed by atoms with van der Waals surface area (Å²) in [5.41, 5.74) is 11.7. The molecule has 2 atom stereocenters. The predicted molar refractivity (Wildman–Crippen MR) is 183 cm³/mol. The van der Waals surface area contributed by atoms with Gasteiger partial charge in [0, 0.05) is 45.8 Å². The Morgan fingerprint density at radius 2 is 1.50 bits per heavy atom. The molecular formula is C34H47N7O7. The first kappa shape index (κ1) is 37.6. The fourth-order valence-electron chi connectivity index (χ4n) is 4.84. The average Bonchev–Trinajstić information content (AvgIpc) is 3.48. The molecule has 0 fully saturated rings. The van der Waals surface area contributed by atoms with Gasteiger partial charge in [-0.25, -0.2) is 4.99 Å². The number of carbonyl (C=O) groups is 2. The summed E-state index contributed by atoms with van der Waals surface area (Å²) in [6.07, 6.45) is 0.796. The highest BCUT2D eigenvalue weighted by Gasteiger charge is 2.35. The zero-order valence-corrected chi connectivity index (χ0v) is 27.3. The molecule has 14 heteroatoms. The van der Waals surface area contributed by atoms with E-state index in [9.17, 15) is 30.0 Å². The highest BCUT2D eigenvalue weighted by molar-refractivity contribution is 6.01. The number of hydrogen-bond donors (Lipinski definition) is 9. The van der Waals surface area contributed by atoms with Gasteiger partial charge in [-0.2, -0.15) is 0 Å². The molecule has 1 aliphatic heterocycles. The van der Waals surface area contributed by atoms with Crippen LogP contribution >= 0.6 is 0 Å². The van der Waals surface area contributed by atoms with Gasteiger partial charge in [0.15, 0.2) is 29.0 Å². The second-order valence-corrected chi connectivity index (χ2v) is 11.0. The summed E-state index contributed by atoms with van der Waals surface area (Å²) in [4.78, 5) is 31.8. The number of aromatic hydroxyl groups is 4. The Balaban J connectivity index is 0.000000488. The number of para-hydroxylation sites is 2. The number of ether oxygens (including phenoxy) is 1. The van der Waals surface area contributed by atoms with E-state index in [0.717, 1.165) is 25.1 Å². The second kappa shape index (κ2) is 19.1. The molecule has 3 aromatic carbocycles. The maximum absolute atomic E-state index is 13.2. The lowest BCUT2D eigenvalue weighted by Crippen LogP contribution is -2.45. The number of carbonyl (C=O) groups excluding carboxylic acids is 2. The largest absolute Gasteiger partial charge is 0.504 e. The predicted octanol–water partition coefficient (Wildman–Crippen LogP) is 1.32. The van der Waals surface area contributed by atoms with E-state index in [-0.39, 0.29) is 48.2 Å². The molecule has 2 unspecified atom stereocenters. The highest BCUT2D eigenvalue weighted by Crippen LogP contribution is 2.32. The Hall–Kier alpha value is -4.89. The second-order valence-electron chi connectivity index (χ2n) is 11.0. The molecule has 3 aromatic rings. The van der Waals surface area contributed by atoms with Gasteiger partial charge in [0.1, 0.15) is 6.10 Å². The van der Waals surface area contributed by atoms with Gasteiger partial charge >= 0.3 is 0 Å². The van der Waals surface area contributed by atoms with Crippen molar-refractivity contribution in [2.75, 3.05) is 39.3 Å². The number of nitrogens with two attached hydrogens (primary N) is 2. The van der Waals surface area contributed by atoms with Gasteiger partial charge in [0.05, 0.1) is 17.3 Å². The number of phenolic OH excluding ortho intramolecular Hbond substituents is 4. The zero-order chi connectivity index (χ0) is 35.1. The third-order valence-electron chi connectivity index (χ3n) is 7.42. The highest BCUT2D eigenvalue weighted by atomic mass is 16.5. The molecule has 0 saturated carbocycles. The number of nitrogens with zero attached hydrogens (tertiary/aromatic N) is 2. The molecule has 1 aliphatic rings. The third-order valence-corrected chi connectivity index (χ3v) is 7.42. The van der Waals surface area contributed by atoms with E-state index in [1.54, 1.807) is 6.92 Å². The third kappa shape index (κ3) is 10.6. The maximum atomic E-state index is 13.2. The molecule has 0 saturated heterocycles. The molecule has 4 rings (SSSR count). The van der Waals surface area contributed by atoms with E-state index in [1.165, 1.54) is 41.3 Å². The lowest BCUT2D eigenvalue weighted by atomic mass is 10.1. The monoisotopic (exact) mass is 665 g/mol. The first-order valence-corrected chi connectivity index (χ1v) is 15.9. The van der Waals surface area contributed by atoms with Gasteiger partial charge in [-0.15, -0.1) is 0 Å². The molecule has 0 radical (unpaired) electrons. The van der Waals surface area contributed by atoms with E-state index in [0.29, 0.717) is 19.3 Å². The van der Waals surface area contributed by atoms with Crippen molar-refractivity contribution in [2.24, 2.45) is 16.5 Å². The minimum absolute atomic E-state index is 0.0429. The normalized spacial score (nSPS) is 15.2. The van der Waals surface area contributed by atoms with Crippen molar-refractivity contribution < 1.29 is 34.8 Å². The van der Waals surface area contributed by atoms with Crippen LogP contribution in [0.5, 0.6) is 23.0 Å². The Kier molecular flexibility index (Phi) is 14.9. The molecular weight excluding hydrogens is 618 g/mol. The van der Waals surface area contributed by atoms with E-state index < -0.39 is 35.5 Å². The Labute approximate surface area is 280 Å². The lowest BCUT2D eigenvalue weighted by Gasteiger charge is -2.24. The maximum Gasteiger partial charge on any atom is 0.258 e. The van der Waals surface area contributed by atoms with Gasteiger partial charge in [-0.05, 0) is 43.2 Å². The van der Waals surface area contributed by atoms with Crippen LogP contribution in [-0.2, 0) is 16.1 Å². The Morgan fingerprint density at radius 1 is 0.875 bits per heavy atom. The van der Waals surface area contributed by atoms with Crippen molar-refractivity contribution >= 4 is 17.7 Å². The summed E-state index contributed by atoms with van der Waals surface area (Å²) >= 11 is 0. The van der Waals surface area contributed by atoms with Crippen LogP contribution in [0.2, 0.25) is 0 Å². The minimum atomic E-state index is -0.898. The summed E-state index contributed by atoms with van der Waals surface area (Å²) in [6, 6.07) is 16.9. The number of aliphatic imine (C=N–C) groups is 1. The van der Waals surface area contributed by atoms with Crippen molar-refractivity contribution in [3.8, 4) is 23.0 Å². The number of phenols is 4. The van der Waals surface area contributed by atoms with Crippen molar-refractivity contribution in [3.05, 3.63) is 83.4 Å². The van der Waals surface area contributed by atoms with Crippen molar-refractivity contribution in [1.82, 2.24) is 20.9 Å². The molecule has 0 aromatic heterocycles. The number of nitrogens with one attached hydrogen (secondary N) is 3. The van der Waals surface area contributed by atoms with Crippen molar-refractivity contribution in [1.29, 1.82) is 0 Å². The molecule has 48 heavy (non-hydrogen) atoms. The summed E-state index contributed by atoms with van der Waals surface area (Å²) in [5, 5.41) is 49.1. The summed E-state index contributed by atoms with van der Waals surface area (Å²) in [5.74, 6) is -2.53. The molecule has 0 spiro atoms. The van der Waals surface area contributed by atoms with Crippen LogP contribution in [0.1, 0.15) is 41.8 Å². The molecule has 260 valence electrons. The summed E-state index contributed by atoms with van der Waals surface area (Å²) in [7, 11) is 0. The Bertz CT molecular complexity index is 1500. The van der Waals surface area contributed by atoms with Crippen LogP contribution in [-0.4, -0.2) is 101 Å². The smallest absolute Gasteiger partial charge is 0.258 e. The first-order chi connectivity index (χ1) is 23.1. The minimum Gasteiger partial charge on any atom is -0.504 e.